The van der Waals surface area contributed by atoms with Crippen LogP contribution in [-0.4, -0.2) is 45.8 Å². The van der Waals surface area contributed by atoms with E-state index in [2.05, 4.69) is 10.1 Å². The number of nitrogens with zero attached hydrogens (tertiary/aromatic N) is 3. The Balaban J connectivity index is 1.56. The Hall–Kier alpha value is -2.93. The molecule has 3 heterocycles. The minimum absolute atomic E-state index is 0.0317. The highest BCUT2D eigenvalue weighted by molar-refractivity contribution is 5.98. The third-order valence-corrected chi connectivity index (χ3v) is 4.74. The van der Waals surface area contributed by atoms with Crippen LogP contribution in [0.1, 0.15) is 21.6 Å². The van der Waals surface area contributed by atoms with Crippen molar-refractivity contribution in [1.29, 1.82) is 0 Å². The Bertz CT molecular complexity index is 1020. The summed E-state index contributed by atoms with van der Waals surface area (Å²) in [6.07, 6.45) is 2.50. The molecule has 4 rings (SSSR count). The van der Waals surface area contributed by atoms with Gasteiger partial charge in [-0.1, -0.05) is 6.07 Å². The van der Waals surface area contributed by atoms with E-state index in [1.807, 2.05) is 30.5 Å². The van der Waals surface area contributed by atoms with Gasteiger partial charge in [0.1, 0.15) is 0 Å². The lowest BCUT2D eigenvalue weighted by molar-refractivity contribution is 0.0732. The van der Waals surface area contributed by atoms with Crippen LogP contribution in [0.15, 0.2) is 41.3 Å². The first-order chi connectivity index (χ1) is 12.7. The summed E-state index contributed by atoms with van der Waals surface area (Å²) in [5.74, 6) is -0.0317. The summed E-state index contributed by atoms with van der Waals surface area (Å²) in [5, 5.41) is 5.51. The van der Waals surface area contributed by atoms with Crippen molar-refractivity contribution in [1.82, 2.24) is 19.7 Å². The molecular weight excluding hydrogens is 332 g/mol. The fourth-order valence-corrected chi connectivity index (χ4v) is 3.31. The van der Waals surface area contributed by atoms with Crippen molar-refractivity contribution in [2.75, 3.05) is 20.3 Å². The minimum atomic E-state index is -0.164. The number of carbonyl (C=O) groups excluding carboxylic acids is 1. The molecule has 26 heavy (non-hydrogen) atoms. The highest BCUT2D eigenvalue weighted by atomic mass is 16.5. The van der Waals surface area contributed by atoms with Gasteiger partial charge in [-0.2, -0.15) is 5.10 Å². The Morgan fingerprint density at radius 3 is 3.04 bits per heavy atom. The summed E-state index contributed by atoms with van der Waals surface area (Å²) in [6.45, 7) is 1.87. The average Bonchev–Trinajstić information content (AvgIpc) is 3.13. The number of aromatic nitrogens is 3. The highest BCUT2D eigenvalue weighted by Crippen LogP contribution is 2.20. The van der Waals surface area contributed by atoms with Gasteiger partial charge in [0.2, 0.25) is 0 Å². The molecule has 0 radical (unpaired) electrons. The molecule has 7 nitrogen and oxygen atoms in total. The molecule has 0 unspecified atom stereocenters. The Morgan fingerprint density at radius 1 is 1.31 bits per heavy atom. The van der Waals surface area contributed by atoms with Gasteiger partial charge >= 0.3 is 0 Å². The van der Waals surface area contributed by atoms with Crippen molar-refractivity contribution in [3.05, 3.63) is 63.7 Å². The number of rotatable bonds is 4. The van der Waals surface area contributed by atoms with Gasteiger partial charge in [0.25, 0.3) is 11.5 Å². The van der Waals surface area contributed by atoms with Crippen LogP contribution in [0.2, 0.25) is 0 Å². The monoisotopic (exact) mass is 352 g/mol. The van der Waals surface area contributed by atoms with E-state index < -0.39 is 0 Å². The van der Waals surface area contributed by atoms with Gasteiger partial charge in [0.15, 0.2) is 0 Å². The summed E-state index contributed by atoms with van der Waals surface area (Å²) in [4.78, 5) is 30.0. The van der Waals surface area contributed by atoms with Crippen molar-refractivity contribution in [2.45, 2.75) is 19.5 Å². The van der Waals surface area contributed by atoms with E-state index in [0.29, 0.717) is 38.2 Å². The maximum Gasteiger partial charge on any atom is 0.267 e. The molecule has 7 heteroatoms. The molecule has 0 fully saturated rings. The average molecular weight is 352 g/mol. The van der Waals surface area contributed by atoms with Crippen LogP contribution in [0.5, 0.6) is 0 Å². The predicted molar refractivity (Wildman–Crippen MR) is 97.1 cm³/mol. The first-order valence-electron chi connectivity index (χ1n) is 8.61. The lowest BCUT2D eigenvalue weighted by atomic mass is 10.0. The van der Waals surface area contributed by atoms with Crippen LogP contribution in [0, 0.1) is 0 Å². The number of methoxy groups -OCH3 is 1. The maximum absolute atomic E-state index is 12.9. The molecule has 0 saturated carbocycles. The summed E-state index contributed by atoms with van der Waals surface area (Å²) in [5.41, 5.74) is 3.12. The van der Waals surface area contributed by atoms with Gasteiger partial charge in [-0.15, -0.1) is 0 Å². The van der Waals surface area contributed by atoms with E-state index in [0.717, 1.165) is 22.2 Å². The van der Waals surface area contributed by atoms with Crippen LogP contribution in [-0.2, 0) is 24.2 Å². The molecule has 2 aromatic heterocycles. The second-order valence-corrected chi connectivity index (χ2v) is 6.43. The van der Waals surface area contributed by atoms with Crippen LogP contribution in [0.3, 0.4) is 0 Å². The van der Waals surface area contributed by atoms with E-state index in [1.165, 1.54) is 4.68 Å². The van der Waals surface area contributed by atoms with Gasteiger partial charge in [-0.3, -0.25) is 9.59 Å². The quantitative estimate of drug-likeness (QED) is 0.773. The number of ether oxygens (including phenoxy) is 1. The van der Waals surface area contributed by atoms with Gasteiger partial charge in [-0.05, 0) is 23.6 Å². The maximum atomic E-state index is 12.9. The lowest BCUT2D eigenvalue weighted by Gasteiger charge is -2.28. The molecule has 134 valence electrons. The van der Waals surface area contributed by atoms with E-state index in [4.69, 9.17) is 4.74 Å². The molecular formula is C19H20N4O3. The van der Waals surface area contributed by atoms with Crippen molar-refractivity contribution in [2.24, 2.45) is 0 Å². The first kappa shape index (κ1) is 16.5. The minimum Gasteiger partial charge on any atom is -0.383 e. The second kappa shape index (κ2) is 6.76. The Morgan fingerprint density at radius 2 is 2.19 bits per heavy atom. The number of aromatic amines is 1. The number of amides is 1. The Kier molecular flexibility index (Phi) is 4.30. The second-order valence-electron chi connectivity index (χ2n) is 6.43. The number of benzene rings is 1. The summed E-state index contributed by atoms with van der Waals surface area (Å²) >= 11 is 0. The standard InChI is InChI=1S/C19H20N4O3/c1-26-9-8-23-18(24)11-15-12-22(7-5-16(15)21-23)19(25)14-3-2-13-4-6-20-17(13)10-14/h2-4,6,10-11,20H,5,7-9,12H2,1H3. The first-order valence-corrected chi connectivity index (χ1v) is 8.61. The zero-order valence-corrected chi connectivity index (χ0v) is 14.6. The number of nitrogens with one attached hydrogen (secondary N) is 1. The van der Waals surface area contributed by atoms with E-state index in [-0.39, 0.29) is 11.5 Å². The molecule has 0 aliphatic carbocycles. The molecule has 3 aromatic rings. The zero-order chi connectivity index (χ0) is 18.1. The third-order valence-electron chi connectivity index (χ3n) is 4.74. The molecule has 0 saturated heterocycles. The number of carbonyl (C=O) groups is 1. The molecule has 1 aliphatic heterocycles. The summed E-state index contributed by atoms with van der Waals surface area (Å²) in [7, 11) is 1.59. The zero-order valence-electron chi connectivity index (χ0n) is 14.6. The van der Waals surface area contributed by atoms with Crippen molar-refractivity contribution in [3.8, 4) is 0 Å². The molecule has 1 aromatic carbocycles. The van der Waals surface area contributed by atoms with Gasteiger partial charge in [-0.25, -0.2) is 4.68 Å². The fourth-order valence-electron chi connectivity index (χ4n) is 3.31. The molecule has 1 N–H and O–H groups in total. The number of H-pyrrole nitrogens is 1. The number of hydrogen-bond donors (Lipinski definition) is 1. The molecule has 0 atom stereocenters. The van der Waals surface area contributed by atoms with Crippen LogP contribution < -0.4 is 5.56 Å². The molecule has 1 amide bonds. The largest absolute Gasteiger partial charge is 0.383 e. The predicted octanol–water partition coefficient (Wildman–Crippen LogP) is 1.57. The summed E-state index contributed by atoms with van der Waals surface area (Å²) < 4.78 is 6.44. The number of hydrogen-bond acceptors (Lipinski definition) is 4. The summed E-state index contributed by atoms with van der Waals surface area (Å²) in [6, 6.07) is 9.21. The lowest BCUT2D eigenvalue weighted by Crippen LogP contribution is -2.38. The van der Waals surface area contributed by atoms with Gasteiger partial charge in [0.05, 0.1) is 18.8 Å². The van der Waals surface area contributed by atoms with Crippen molar-refractivity contribution >= 4 is 16.8 Å². The smallest absolute Gasteiger partial charge is 0.267 e. The van der Waals surface area contributed by atoms with Crippen LogP contribution in [0.25, 0.3) is 10.9 Å². The molecule has 0 spiro atoms. The van der Waals surface area contributed by atoms with Crippen LogP contribution >= 0.6 is 0 Å². The molecule has 0 bridgehead atoms. The normalized spacial score (nSPS) is 13.8. The van der Waals surface area contributed by atoms with Crippen LogP contribution in [0.4, 0.5) is 0 Å². The van der Waals surface area contributed by atoms with E-state index in [9.17, 15) is 9.59 Å². The van der Waals surface area contributed by atoms with Gasteiger partial charge < -0.3 is 14.6 Å². The van der Waals surface area contributed by atoms with E-state index >= 15 is 0 Å². The third kappa shape index (κ3) is 3.01. The van der Waals surface area contributed by atoms with Crippen molar-refractivity contribution < 1.29 is 9.53 Å². The van der Waals surface area contributed by atoms with E-state index in [1.54, 1.807) is 18.1 Å². The molecule has 1 aliphatic rings. The highest BCUT2D eigenvalue weighted by Gasteiger charge is 2.24. The SMILES string of the molecule is COCCn1nc2c(cc1=O)CN(C(=O)c1ccc3cc[nH]c3c1)CC2. The number of fused-ring (bicyclic) bond motifs is 2. The topological polar surface area (TPSA) is 80.2 Å². The van der Waals surface area contributed by atoms with Crippen molar-refractivity contribution in [3.63, 3.8) is 0 Å². The fraction of sp³-hybridized carbons (Fsp3) is 0.316. The van der Waals surface area contributed by atoms with Gasteiger partial charge in [0, 0.05) is 55.5 Å². The Labute approximate surface area is 150 Å².